The van der Waals surface area contributed by atoms with Crippen molar-refractivity contribution in [3.05, 3.63) is 143 Å². The first kappa shape index (κ1) is 24.8. The van der Waals surface area contributed by atoms with Crippen LogP contribution in [0.3, 0.4) is 0 Å². The first-order valence-electron chi connectivity index (χ1n) is 13.0. The second-order valence-corrected chi connectivity index (χ2v) is 12.4. The fourth-order valence-corrected chi connectivity index (χ4v) is 7.72. The zero-order valence-corrected chi connectivity index (χ0v) is 23.8. The summed E-state index contributed by atoms with van der Waals surface area (Å²) in [5.41, 5.74) is 4.38. The predicted molar refractivity (Wildman–Crippen MR) is 165 cm³/mol. The number of aromatic nitrogens is 1. The number of rotatable bonds is 5. The lowest BCUT2D eigenvalue weighted by Crippen LogP contribution is -2.18. The van der Waals surface area contributed by atoms with E-state index < -0.39 is 10.0 Å². The van der Waals surface area contributed by atoms with Gasteiger partial charge in [0.15, 0.2) is 0 Å². The Bertz CT molecular complexity index is 2030. The molecule has 1 atom stereocenters. The highest BCUT2D eigenvalue weighted by Gasteiger charge is 2.33. The molecule has 7 rings (SSSR count). The number of para-hydroxylation sites is 2. The highest BCUT2D eigenvalue weighted by Crippen LogP contribution is 2.41. The third-order valence-electron chi connectivity index (χ3n) is 7.47. The first-order chi connectivity index (χ1) is 19.5. The Kier molecular flexibility index (Phi) is 6.06. The van der Waals surface area contributed by atoms with E-state index in [2.05, 4.69) is 22.0 Å². The fraction of sp³-hybridized carbons (Fsp3) is 0.0606. The SMILES string of the molecule is O=S(=O)(c1cccc2ccccc12)n1cc(C2=NN(c3ccccc3)C(c3ccccc3Br)C2)c2ccccc21. The number of hydrogen-bond donors (Lipinski definition) is 0. The van der Waals surface area contributed by atoms with E-state index in [-0.39, 0.29) is 10.9 Å². The largest absolute Gasteiger partial charge is 0.268 e. The average Bonchev–Trinajstić information content (AvgIpc) is 3.60. The number of anilines is 1. The van der Waals surface area contributed by atoms with E-state index >= 15 is 0 Å². The van der Waals surface area contributed by atoms with E-state index in [4.69, 9.17) is 5.10 Å². The maximum atomic E-state index is 14.2. The van der Waals surface area contributed by atoms with Gasteiger partial charge in [0.25, 0.3) is 10.0 Å². The van der Waals surface area contributed by atoms with E-state index in [1.807, 2.05) is 108 Å². The maximum absolute atomic E-state index is 14.2. The topological polar surface area (TPSA) is 54.7 Å². The van der Waals surface area contributed by atoms with Crippen LogP contribution in [0.4, 0.5) is 5.69 Å². The highest BCUT2D eigenvalue weighted by atomic mass is 79.9. The number of benzene rings is 5. The number of fused-ring (bicyclic) bond motifs is 2. The van der Waals surface area contributed by atoms with Gasteiger partial charge in [0.05, 0.1) is 27.9 Å². The first-order valence-corrected chi connectivity index (χ1v) is 15.3. The molecule has 5 nitrogen and oxygen atoms in total. The molecule has 0 spiro atoms. The molecule has 1 aliphatic heterocycles. The van der Waals surface area contributed by atoms with E-state index in [9.17, 15) is 8.42 Å². The Morgan fingerprint density at radius 1 is 0.725 bits per heavy atom. The van der Waals surface area contributed by atoms with Crippen molar-refractivity contribution in [1.29, 1.82) is 0 Å². The summed E-state index contributed by atoms with van der Waals surface area (Å²) in [6.07, 6.45) is 2.37. The van der Waals surface area contributed by atoms with Crippen molar-refractivity contribution in [2.75, 3.05) is 5.01 Å². The minimum atomic E-state index is -3.90. The van der Waals surface area contributed by atoms with Crippen molar-refractivity contribution >= 4 is 59.0 Å². The van der Waals surface area contributed by atoms with Gasteiger partial charge in [0.1, 0.15) is 0 Å². The minimum absolute atomic E-state index is 0.0511. The quantitative estimate of drug-likeness (QED) is 0.199. The smallest absolute Gasteiger partial charge is 0.257 e. The maximum Gasteiger partial charge on any atom is 0.268 e. The molecule has 196 valence electrons. The molecule has 5 aromatic carbocycles. The summed E-state index contributed by atoms with van der Waals surface area (Å²) >= 11 is 3.74. The van der Waals surface area contributed by atoms with Gasteiger partial charge in [0, 0.05) is 33.4 Å². The van der Waals surface area contributed by atoms with Crippen molar-refractivity contribution in [2.45, 2.75) is 17.4 Å². The number of nitrogens with zero attached hydrogens (tertiary/aromatic N) is 3. The van der Waals surface area contributed by atoms with Crippen molar-refractivity contribution in [1.82, 2.24) is 3.97 Å². The molecule has 0 amide bonds. The van der Waals surface area contributed by atoms with E-state index in [0.717, 1.165) is 37.8 Å². The standard InChI is InChI=1S/C33H24BrN3O2S/c34-29-18-8-6-17-27(29)32-21-30(35-37(32)24-13-2-1-3-14-24)28-22-36(31-19-9-7-16-26(28)31)40(38,39)33-20-10-12-23-11-4-5-15-25(23)33/h1-20,22,32H,21H2. The van der Waals surface area contributed by atoms with Crippen LogP contribution in [-0.4, -0.2) is 18.1 Å². The van der Waals surface area contributed by atoms with Gasteiger partial charge in [-0.15, -0.1) is 0 Å². The summed E-state index contributed by atoms with van der Waals surface area (Å²) < 4.78 is 30.9. The number of halogens is 1. The van der Waals surface area contributed by atoms with Gasteiger partial charge in [-0.1, -0.05) is 107 Å². The molecule has 2 heterocycles. The van der Waals surface area contributed by atoms with E-state index in [1.165, 1.54) is 3.97 Å². The van der Waals surface area contributed by atoms with Crippen LogP contribution in [0.2, 0.25) is 0 Å². The Hall–Kier alpha value is -4.20. The third kappa shape index (κ3) is 4.05. The average molecular weight is 607 g/mol. The van der Waals surface area contributed by atoms with Crippen LogP contribution in [-0.2, 0) is 10.0 Å². The van der Waals surface area contributed by atoms with Crippen molar-refractivity contribution in [2.24, 2.45) is 5.10 Å². The lowest BCUT2D eigenvalue weighted by atomic mass is 9.98. The Balaban J connectivity index is 1.40. The van der Waals surface area contributed by atoms with Crippen molar-refractivity contribution < 1.29 is 8.42 Å². The van der Waals surface area contributed by atoms with E-state index in [1.54, 1.807) is 18.3 Å². The molecule has 1 aromatic heterocycles. The van der Waals surface area contributed by atoms with Crippen LogP contribution >= 0.6 is 15.9 Å². The van der Waals surface area contributed by atoms with E-state index in [0.29, 0.717) is 17.3 Å². The molecule has 6 aromatic rings. The number of hydrazone groups is 1. The predicted octanol–water partition coefficient (Wildman–Crippen LogP) is 8.15. The van der Waals surface area contributed by atoms with Crippen LogP contribution in [0.15, 0.2) is 142 Å². The lowest BCUT2D eigenvalue weighted by Gasteiger charge is -2.24. The Labute approximate surface area is 241 Å². The van der Waals surface area contributed by atoms with Crippen LogP contribution in [0.5, 0.6) is 0 Å². The molecule has 1 unspecified atom stereocenters. The molecule has 0 bridgehead atoms. The van der Waals surface area contributed by atoms with Crippen molar-refractivity contribution in [3.8, 4) is 0 Å². The molecule has 7 heteroatoms. The summed E-state index contributed by atoms with van der Waals surface area (Å²) in [7, 11) is -3.90. The van der Waals surface area contributed by atoms with Crippen LogP contribution in [0.1, 0.15) is 23.6 Å². The van der Waals surface area contributed by atoms with Gasteiger partial charge < -0.3 is 0 Å². The molecule has 40 heavy (non-hydrogen) atoms. The second kappa shape index (κ2) is 9.77. The number of hydrogen-bond acceptors (Lipinski definition) is 4. The normalized spacial score (nSPS) is 15.6. The Morgan fingerprint density at radius 2 is 1.40 bits per heavy atom. The monoisotopic (exact) mass is 605 g/mol. The van der Waals surface area contributed by atoms with Crippen molar-refractivity contribution in [3.63, 3.8) is 0 Å². The fourth-order valence-electron chi connectivity index (χ4n) is 5.58. The minimum Gasteiger partial charge on any atom is -0.257 e. The zero-order valence-electron chi connectivity index (χ0n) is 21.4. The molecule has 0 saturated carbocycles. The molecular weight excluding hydrogens is 582 g/mol. The van der Waals surface area contributed by atoms with Gasteiger partial charge in [-0.2, -0.15) is 5.10 Å². The summed E-state index contributed by atoms with van der Waals surface area (Å²) in [6, 6.07) is 38.8. The van der Waals surface area contributed by atoms with Crippen LogP contribution in [0.25, 0.3) is 21.7 Å². The third-order valence-corrected chi connectivity index (χ3v) is 9.92. The molecular formula is C33H24BrN3O2S. The zero-order chi connectivity index (χ0) is 27.3. The lowest BCUT2D eigenvalue weighted by molar-refractivity contribution is 0.590. The van der Waals surface area contributed by atoms with Gasteiger partial charge >= 0.3 is 0 Å². The van der Waals surface area contributed by atoms with Crippen LogP contribution < -0.4 is 5.01 Å². The molecule has 0 N–H and O–H groups in total. The molecule has 0 fully saturated rings. The summed E-state index contributed by atoms with van der Waals surface area (Å²) in [5, 5.41) is 9.60. The molecule has 0 saturated heterocycles. The highest BCUT2D eigenvalue weighted by molar-refractivity contribution is 9.10. The van der Waals surface area contributed by atoms with Gasteiger partial charge in [-0.05, 0) is 41.3 Å². The molecule has 0 radical (unpaired) electrons. The molecule has 1 aliphatic rings. The van der Waals surface area contributed by atoms with Gasteiger partial charge in [-0.3, -0.25) is 5.01 Å². The summed E-state index contributed by atoms with van der Waals surface area (Å²) in [6.45, 7) is 0. The second-order valence-electron chi connectivity index (χ2n) is 9.81. The van der Waals surface area contributed by atoms with Gasteiger partial charge in [-0.25, -0.2) is 12.4 Å². The summed E-state index contributed by atoms with van der Waals surface area (Å²) in [4.78, 5) is 0.281. The summed E-state index contributed by atoms with van der Waals surface area (Å²) in [5.74, 6) is 0. The van der Waals surface area contributed by atoms with Gasteiger partial charge in [0.2, 0.25) is 0 Å². The Morgan fingerprint density at radius 3 is 2.23 bits per heavy atom. The molecule has 0 aliphatic carbocycles. The van der Waals surface area contributed by atoms with Crippen LogP contribution in [0, 0.1) is 0 Å².